The Labute approximate surface area is 162 Å². The lowest BCUT2D eigenvalue weighted by molar-refractivity contribution is -0.134. The van der Waals surface area contributed by atoms with Gasteiger partial charge in [0, 0.05) is 38.8 Å². The van der Waals surface area contributed by atoms with Crippen LogP contribution in [0.1, 0.15) is 23.3 Å². The molecule has 2 aromatic rings. The highest BCUT2D eigenvalue weighted by Crippen LogP contribution is 2.25. The fourth-order valence-corrected chi connectivity index (χ4v) is 3.87. The van der Waals surface area contributed by atoms with E-state index in [-0.39, 0.29) is 23.5 Å². The fraction of sp³-hybridized carbons (Fsp3) is 0.421. The minimum absolute atomic E-state index is 0.0344. The third kappa shape index (κ3) is 4.00. The van der Waals surface area contributed by atoms with Gasteiger partial charge in [0.05, 0.1) is 6.20 Å². The molecular weight excluding hydrogens is 367 g/mol. The van der Waals surface area contributed by atoms with E-state index in [2.05, 4.69) is 4.98 Å². The van der Waals surface area contributed by atoms with Crippen LogP contribution in [0, 0.1) is 11.7 Å². The number of rotatable bonds is 4. The van der Waals surface area contributed by atoms with Crippen LogP contribution in [0.2, 0.25) is 0 Å². The molecule has 1 aromatic carbocycles. The molecule has 1 aliphatic rings. The standard InChI is InChI=1S/C19H23FN4O2S/c1-22(2)17(25)13-8-10-23(11-9-13)18(26)16-12-21-19(27-3)24(16)15-6-4-14(20)5-7-15/h4-7,12-13H,8-11H2,1-3H3. The Morgan fingerprint density at radius 2 is 1.81 bits per heavy atom. The maximum atomic E-state index is 13.3. The zero-order chi connectivity index (χ0) is 19.6. The van der Waals surface area contributed by atoms with E-state index in [0.29, 0.717) is 42.5 Å². The summed E-state index contributed by atoms with van der Waals surface area (Å²) in [7, 11) is 3.51. The molecule has 1 aliphatic heterocycles. The number of hydrogen-bond donors (Lipinski definition) is 0. The molecule has 27 heavy (non-hydrogen) atoms. The van der Waals surface area contributed by atoms with E-state index in [0.717, 1.165) is 0 Å². The summed E-state index contributed by atoms with van der Waals surface area (Å²) in [6, 6.07) is 6.00. The first-order chi connectivity index (χ1) is 12.9. The number of amides is 2. The summed E-state index contributed by atoms with van der Waals surface area (Å²) in [6.45, 7) is 1.07. The van der Waals surface area contributed by atoms with Gasteiger partial charge in [0.15, 0.2) is 5.16 Å². The van der Waals surface area contributed by atoms with Gasteiger partial charge in [-0.15, -0.1) is 0 Å². The minimum Gasteiger partial charge on any atom is -0.349 e. The van der Waals surface area contributed by atoms with Crippen molar-refractivity contribution in [2.24, 2.45) is 5.92 Å². The molecular formula is C19H23FN4O2S. The van der Waals surface area contributed by atoms with Gasteiger partial charge in [-0.2, -0.15) is 0 Å². The third-order valence-corrected chi connectivity index (χ3v) is 5.44. The van der Waals surface area contributed by atoms with Gasteiger partial charge in [-0.3, -0.25) is 14.2 Å². The van der Waals surface area contributed by atoms with Gasteiger partial charge in [-0.25, -0.2) is 9.37 Å². The van der Waals surface area contributed by atoms with Crippen molar-refractivity contribution < 1.29 is 14.0 Å². The summed E-state index contributed by atoms with van der Waals surface area (Å²) in [5, 5.41) is 0.669. The quantitative estimate of drug-likeness (QED) is 0.753. The smallest absolute Gasteiger partial charge is 0.272 e. The van der Waals surface area contributed by atoms with Gasteiger partial charge in [0.2, 0.25) is 5.91 Å². The Balaban J connectivity index is 1.81. The third-order valence-electron chi connectivity index (χ3n) is 4.79. The minimum atomic E-state index is -0.329. The zero-order valence-electron chi connectivity index (χ0n) is 15.7. The first kappa shape index (κ1) is 19.4. The second-order valence-electron chi connectivity index (χ2n) is 6.74. The number of halogens is 1. The van der Waals surface area contributed by atoms with Crippen LogP contribution < -0.4 is 0 Å². The number of hydrogen-bond acceptors (Lipinski definition) is 4. The average molecular weight is 390 g/mol. The maximum Gasteiger partial charge on any atom is 0.272 e. The largest absolute Gasteiger partial charge is 0.349 e. The van der Waals surface area contributed by atoms with Crippen LogP contribution >= 0.6 is 11.8 Å². The Bertz CT molecular complexity index is 827. The van der Waals surface area contributed by atoms with E-state index in [4.69, 9.17) is 0 Å². The second kappa shape index (κ2) is 8.12. The van der Waals surface area contributed by atoms with Crippen molar-refractivity contribution in [1.82, 2.24) is 19.4 Å². The normalized spacial score (nSPS) is 15.0. The maximum absolute atomic E-state index is 13.3. The number of piperidine rings is 1. The van der Waals surface area contributed by atoms with Gasteiger partial charge in [0.1, 0.15) is 11.5 Å². The number of aromatic nitrogens is 2. The number of thioether (sulfide) groups is 1. The Morgan fingerprint density at radius 3 is 2.37 bits per heavy atom. The van der Waals surface area contributed by atoms with E-state index < -0.39 is 0 Å². The molecule has 0 radical (unpaired) electrons. The molecule has 0 saturated carbocycles. The zero-order valence-corrected chi connectivity index (χ0v) is 16.5. The molecule has 0 spiro atoms. The van der Waals surface area contributed by atoms with Crippen molar-refractivity contribution in [2.45, 2.75) is 18.0 Å². The molecule has 0 atom stereocenters. The first-order valence-corrected chi connectivity index (χ1v) is 10.0. The number of likely N-dealkylation sites (tertiary alicyclic amines) is 1. The SMILES string of the molecule is CSc1ncc(C(=O)N2CCC(C(=O)N(C)C)CC2)n1-c1ccc(F)cc1. The van der Waals surface area contributed by atoms with E-state index in [1.165, 1.54) is 23.9 Å². The molecule has 0 aliphatic carbocycles. The number of carbonyl (C=O) groups is 2. The lowest BCUT2D eigenvalue weighted by Crippen LogP contribution is -2.43. The molecule has 1 fully saturated rings. The molecule has 8 heteroatoms. The van der Waals surface area contributed by atoms with E-state index >= 15 is 0 Å². The van der Waals surface area contributed by atoms with E-state index in [1.807, 2.05) is 6.26 Å². The second-order valence-corrected chi connectivity index (χ2v) is 7.51. The Morgan fingerprint density at radius 1 is 1.19 bits per heavy atom. The van der Waals surface area contributed by atoms with Gasteiger partial charge in [0.25, 0.3) is 5.91 Å². The van der Waals surface area contributed by atoms with Crippen LogP contribution in [0.3, 0.4) is 0 Å². The fourth-order valence-electron chi connectivity index (χ4n) is 3.33. The lowest BCUT2D eigenvalue weighted by Gasteiger charge is -2.32. The number of imidazole rings is 1. The summed E-state index contributed by atoms with van der Waals surface area (Å²) in [5.41, 5.74) is 1.14. The lowest BCUT2D eigenvalue weighted by atomic mass is 9.95. The van der Waals surface area contributed by atoms with Crippen LogP contribution in [-0.4, -0.2) is 64.6 Å². The van der Waals surface area contributed by atoms with Crippen LogP contribution in [0.5, 0.6) is 0 Å². The molecule has 0 bridgehead atoms. The number of benzene rings is 1. The topological polar surface area (TPSA) is 58.4 Å². The van der Waals surface area contributed by atoms with Crippen molar-refractivity contribution in [3.8, 4) is 5.69 Å². The summed E-state index contributed by atoms with van der Waals surface area (Å²) in [6.07, 6.45) is 4.76. The van der Waals surface area contributed by atoms with Crippen molar-refractivity contribution in [3.05, 3.63) is 42.0 Å². The number of carbonyl (C=O) groups excluding carboxylic acids is 2. The van der Waals surface area contributed by atoms with Crippen LogP contribution in [0.25, 0.3) is 5.69 Å². The van der Waals surface area contributed by atoms with Crippen LogP contribution in [-0.2, 0) is 4.79 Å². The summed E-state index contributed by atoms with van der Waals surface area (Å²) in [4.78, 5) is 32.9. The van der Waals surface area contributed by atoms with Gasteiger partial charge >= 0.3 is 0 Å². The predicted molar refractivity (Wildman–Crippen MR) is 103 cm³/mol. The molecule has 1 aromatic heterocycles. The average Bonchev–Trinajstić information content (AvgIpc) is 3.11. The van der Waals surface area contributed by atoms with Crippen molar-refractivity contribution >= 4 is 23.6 Å². The monoisotopic (exact) mass is 390 g/mol. The Kier molecular flexibility index (Phi) is 5.84. The molecule has 0 unspecified atom stereocenters. The molecule has 2 heterocycles. The van der Waals surface area contributed by atoms with E-state index in [9.17, 15) is 14.0 Å². The molecule has 2 amide bonds. The van der Waals surface area contributed by atoms with E-state index in [1.54, 1.807) is 46.8 Å². The summed E-state index contributed by atoms with van der Waals surface area (Å²) >= 11 is 1.42. The molecule has 0 N–H and O–H groups in total. The van der Waals surface area contributed by atoms with Gasteiger partial charge < -0.3 is 9.80 Å². The molecule has 1 saturated heterocycles. The number of nitrogens with zero attached hydrogens (tertiary/aromatic N) is 4. The first-order valence-electron chi connectivity index (χ1n) is 8.80. The highest BCUT2D eigenvalue weighted by molar-refractivity contribution is 7.98. The van der Waals surface area contributed by atoms with Crippen LogP contribution in [0.15, 0.2) is 35.6 Å². The highest BCUT2D eigenvalue weighted by Gasteiger charge is 2.30. The predicted octanol–water partition coefficient (Wildman–Crippen LogP) is 2.67. The van der Waals surface area contributed by atoms with Crippen molar-refractivity contribution in [2.75, 3.05) is 33.4 Å². The molecule has 144 valence electrons. The van der Waals surface area contributed by atoms with Gasteiger partial charge in [-0.1, -0.05) is 11.8 Å². The molecule has 3 rings (SSSR count). The summed E-state index contributed by atoms with van der Waals surface area (Å²) in [5.74, 6) is -0.371. The summed E-state index contributed by atoms with van der Waals surface area (Å²) < 4.78 is 15.0. The van der Waals surface area contributed by atoms with Crippen molar-refractivity contribution in [3.63, 3.8) is 0 Å². The highest BCUT2D eigenvalue weighted by atomic mass is 32.2. The van der Waals surface area contributed by atoms with Gasteiger partial charge in [-0.05, 0) is 43.4 Å². The van der Waals surface area contributed by atoms with Crippen molar-refractivity contribution in [1.29, 1.82) is 0 Å². The molecule has 6 nitrogen and oxygen atoms in total. The van der Waals surface area contributed by atoms with Crippen LogP contribution in [0.4, 0.5) is 4.39 Å². The Hall–Kier alpha value is -2.35.